The van der Waals surface area contributed by atoms with Gasteiger partial charge in [-0.1, -0.05) is 36.9 Å². The van der Waals surface area contributed by atoms with Crippen molar-refractivity contribution < 1.29 is 19.0 Å². The summed E-state index contributed by atoms with van der Waals surface area (Å²) >= 11 is 0. The summed E-state index contributed by atoms with van der Waals surface area (Å²) in [5, 5.41) is 0. The van der Waals surface area contributed by atoms with Gasteiger partial charge < -0.3 is 14.2 Å². The molecule has 4 nitrogen and oxygen atoms in total. The van der Waals surface area contributed by atoms with Crippen LogP contribution in [-0.2, 0) is 24.8 Å². The van der Waals surface area contributed by atoms with Crippen LogP contribution in [0.25, 0.3) is 0 Å². The zero-order valence-electron chi connectivity index (χ0n) is 13.2. The van der Waals surface area contributed by atoms with Gasteiger partial charge in [-0.2, -0.15) is 0 Å². The Morgan fingerprint density at radius 3 is 2.14 bits per heavy atom. The third-order valence-corrected chi connectivity index (χ3v) is 3.06. The summed E-state index contributed by atoms with van der Waals surface area (Å²) in [6.45, 7) is 11.6. The van der Waals surface area contributed by atoms with Gasteiger partial charge in [0.15, 0.2) is 6.10 Å². The van der Waals surface area contributed by atoms with Crippen LogP contribution in [0.2, 0.25) is 0 Å². The van der Waals surface area contributed by atoms with Gasteiger partial charge in [-0.3, -0.25) is 0 Å². The minimum Gasteiger partial charge on any atom is -0.453 e. The Balaban J connectivity index is 3.16. The molecule has 0 amide bonds. The van der Waals surface area contributed by atoms with E-state index in [2.05, 4.69) is 6.58 Å². The number of hydrogen-bond donors (Lipinski definition) is 0. The summed E-state index contributed by atoms with van der Waals surface area (Å²) in [7, 11) is 0. The second-order valence-electron chi connectivity index (χ2n) is 4.73. The van der Waals surface area contributed by atoms with E-state index in [1.54, 1.807) is 13.8 Å². The van der Waals surface area contributed by atoms with Gasteiger partial charge in [-0.05, 0) is 27.7 Å². The number of benzene rings is 1. The zero-order chi connectivity index (χ0) is 15.9. The second-order valence-corrected chi connectivity index (χ2v) is 4.73. The normalized spacial score (nSPS) is 12.8. The van der Waals surface area contributed by atoms with E-state index >= 15 is 0 Å². The van der Waals surface area contributed by atoms with Gasteiger partial charge in [-0.25, -0.2) is 4.79 Å². The van der Waals surface area contributed by atoms with Gasteiger partial charge in [0, 0.05) is 24.4 Å². The Hall–Kier alpha value is -1.65. The molecular weight excluding hydrogens is 268 g/mol. The summed E-state index contributed by atoms with van der Waals surface area (Å²) < 4.78 is 17.2. The van der Waals surface area contributed by atoms with E-state index in [4.69, 9.17) is 14.2 Å². The van der Waals surface area contributed by atoms with Gasteiger partial charge in [-0.15, -0.1) is 0 Å². The van der Waals surface area contributed by atoms with E-state index in [1.807, 2.05) is 44.2 Å². The molecular formula is C17H24O4. The number of carbonyl (C=O) groups is 1. The maximum Gasteiger partial charge on any atom is 0.333 e. The molecule has 116 valence electrons. The lowest BCUT2D eigenvalue weighted by molar-refractivity contribution is -0.289. The van der Waals surface area contributed by atoms with Crippen LogP contribution in [0.3, 0.4) is 0 Å². The van der Waals surface area contributed by atoms with Crippen molar-refractivity contribution in [2.24, 2.45) is 0 Å². The quantitative estimate of drug-likeness (QED) is 0.418. The molecule has 0 saturated carbocycles. The molecule has 1 aromatic rings. The maximum absolute atomic E-state index is 11.8. The van der Waals surface area contributed by atoms with Crippen molar-refractivity contribution in [3.8, 4) is 0 Å². The second kappa shape index (κ2) is 7.96. The Morgan fingerprint density at radius 2 is 1.71 bits per heavy atom. The Morgan fingerprint density at radius 1 is 1.19 bits per heavy atom. The fraction of sp³-hybridized carbons (Fsp3) is 0.471. The molecule has 1 rings (SSSR count). The van der Waals surface area contributed by atoms with Crippen LogP contribution in [0, 0.1) is 0 Å². The number of esters is 1. The summed E-state index contributed by atoms with van der Waals surface area (Å²) in [6, 6.07) is 9.51. The summed E-state index contributed by atoms with van der Waals surface area (Å²) in [5.41, 5.74) is 1.16. The summed E-state index contributed by atoms with van der Waals surface area (Å²) in [4.78, 5) is 11.8. The van der Waals surface area contributed by atoms with Crippen LogP contribution >= 0.6 is 0 Å². The van der Waals surface area contributed by atoms with Crippen LogP contribution in [0.1, 0.15) is 33.3 Å². The van der Waals surface area contributed by atoms with Crippen LogP contribution in [0.5, 0.6) is 0 Å². The van der Waals surface area contributed by atoms with Crippen molar-refractivity contribution in [2.75, 3.05) is 13.2 Å². The molecule has 0 aromatic heterocycles. The third-order valence-electron chi connectivity index (χ3n) is 3.06. The van der Waals surface area contributed by atoms with Crippen LogP contribution in [0.4, 0.5) is 0 Å². The molecule has 0 bridgehead atoms. The molecule has 1 aromatic carbocycles. The molecule has 0 aliphatic rings. The molecule has 21 heavy (non-hydrogen) atoms. The molecule has 0 N–H and O–H groups in total. The topological polar surface area (TPSA) is 44.8 Å². The average Bonchev–Trinajstić information content (AvgIpc) is 2.47. The van der Waals surface area contributed by atoms with Gasteiger partial charge in [0.1, 0.15) is 0 Å². The molecule has 0 fully saturated rings. The van der Waals surface area contributed by atoms with Gasteiger partial charge in [0.05, 0.1) is 0 Å². The average molecular weight is 292 g/mol. The van der Waals surface area contributed by atoms with Gasteiger partial charge in [0.25, 0.3) is 0 Å². The first kappa shape index (κ1) is 17.4. The third kappa shape index (κ3) is 4.16. The van der Waals surface area contributed by atoms with Crippen molar-refractivity contribution >= 4 is 5.97 Å². The highest BCUT2D eigenvalue weighted by Gasteiger charge is 2.42. The van der Waals surface area contributed by atoms with E-state index in [0.29, 0.717) is 18.8 Å². The standard InChI is InChI=1S/C17H24O4/c1-6-19-17(20-7-2,15-11-9-8-10-12-15)14(5)21-16(18)13(3)4/h8-12,14H,3,6-7H2,1-2,4-5H3. The molecule has 0 aliphatic heterocycles. The molecule has 0 spiro atoms. The monoisotopic (exact) mass is 292 g/mol. The predicted molar refractivity (Wildman–Crippen MR) is 81.7 cm³/mol. The van der Waals surface area contributed by atoms with E-state index in [0.717, 1.165) is 5.56 Å². The van der Waals surface area contributed by atoms with E-state index in [9.17, 15) is 4.79 Å². The molecule has 0 saturated heterocycles. The molecule has 0 radical (unpaired) electrons. The minimum atomic E-state index is -1.12. The maximum atomic E-state index is 11.8. The molecule has 1 unspecified atom stereocenters. The molecule has 1 atom stereocenters. The van der Waals surface area contributed by atoms with Crippen molar-refractivity contribution in [1.82, 2.24) is 0 Å². The number of ether oxygens (including phenoxy) is 3. The highest BCUT2D eigenvalue weighted by atomic mass is 16.7. The van der Waals surface area contributed by atoms with E-state index in [1.165, 1.54) is 0 Å². The van der Waals surface area contributed by atoms with Gasteiger partial charge >= 0.3 is 5.97 Å². The van der Waals surface area contributed by atoms with E-state index < -0.39 is 17.9 Å². The predicted octanol–water partition coefficient (Wildman–Crippen LogP) is 3.42. The lowest BCUT2D eigenvalue weighted by Gasteiger charge is -2.38. The molecule has 0 heterocycles. The van der Waals surface area contributed by atoms with Crippen molar-refractivity contribution in [1.29, 1.82) is 0 Å². The first-order chi connectivity index (χ1) is 9.97. The van der Waals surface area contributed by atoms with Gasteiger partial charge in [0.2, 0.25) is 5.79 Å². The zero-order valence-corrected chi connectivity index (χ0v) is 13.2. The summed E-state index contributed by atoms with van der Waals surface area (Å²) in [5.74, 6) is -1.57. The van der Waals surface area contributed by atoms with Crippen LogP contribution in [-0.4, -0.2) is 25.3 Å². The minimum absolute atomic E-state index is 0.344. The lowest BCUT2D eigenvalue weighted by atomic mass is 10.00. The fourth-order valence-corrected chi connectivity index (χ4v) is 2.12. The molecule has 4 heteroatoms. The number of carbonyl (C=O) groups excluding carboxylic acids is 1. The highest BCUT2D eigenvalue weighted by Crippen LogP contribution is 2.33. The van der Waals surface area contributed by atoms with Crippen molar-refractivity contribution in [3.05, 3.63) is 48.0 Å². The Labute approximate surface area is 126 Å². The Bertz CT molecular complexity index is 461. The smallest absolute Gasteiger partial charge is 0.333 e. The fourth-order valence-electron chi connectivity index (χ4n) is 2.12. The molecule has 0 aliphatic carbocycles. The van der Waals surface area contributed by atoms with Crippen molar-refractivity contribution in [2.45, 2.75) is 39.6 Å². The number of rotatable bonds is 8. The first-order valence-electron chi connectivity index (χ1n) is 7.17. The number of hydrogen-bond acceptors (Lipinski definition) is 4. The SMILES string of the molecule is C=C(C)C(=O)OC(C)C(OCC)(OCC)c1ccccc1. The highest BCUT2D eigenvalue weighted by molar-refractivity contribution is 5.87. The summed E-state index contributed by atoms with van der Waals surface area (Å²) in [6.07, 6.45) is -0.607. The van der Waals surface area contributed by atoms with Crippen LogP contribution in [0.15, 0.2) is 42.5 Å². The first-order valence-corrected chi connectivity index (χ1v) is 7.17. The largest absolute Gasteiger partial charge is 0.453 e. The van der Waals surface area contributed by atoms with Crippen molar-refractivity contribution in [3.63, 3.8) is 0 Å². The Kier molecular flexibility index (Phi) is 6.59. The van der Waals surface area contributed by atoms with Crippen LogP contribution < -0.4 is 0 Å². The van der Waals surface area contributed by atoms with E-state index in [-0.39, 0.29) is 0 Å². The lowest BCUT2D eigenvalue weighted by Crippen LogP contribution is -2.45.